The maximum atomic E-state index is 12.5. The molecule has 1 aliphatic rings. The van der Waals surface area contributed by atoms with E-state index >= 15 is 0 Å². The molecule has 21 heavy (non-hydrogen) atoms. The molecule has 0 spiro atoms. The predicted molar refractivity (Wildman–Crippen MR) is 75.3 cm³/mol. The second-order valence-electron chi connectivity index (χ2n) is 4.80. The molecule has 1 aliphatic heterocycles. The average molecular weight is 294 g/mol. The zero-order chi connectivity index (χ0) is 15.4. The number of morpholine rings is 1. The van der Waals surface area contributed by atoms with Gasteiger partial charge in [-0.15, -0.1) is 0 Å². The minimum absolute atomic E-state index is 0.128. The molecule has 1 amide bonds. The van der Waals surface area contributed by atoms with Crippen LogP contribution in [0.4, 0.5) is 5.69 Å². The lowest BCUT2D eigenvalue weighted by molar-refractivity contribution is -0.141. The van der Waals surface area contributed by atoms with Crippen molar-refractivity contribution in [2.24, 2.45) is 0 Å². The van der Waals surface area contributed by atoms with E-state index in [0.717, 1.165) is 0 Å². The number of carbonyl (C=O) groups is 2. The minimum Gasteiger partial charge on any atom is -0.497 e. The summed E-state index contributed by atoms with van der Waals surface area (Å²) in [5, 5.41) is 8.80. The van der Waals surface area contributed by atoms with E-state index in [-0.39, 0.29) is 18.9 Å². The Morgan fingerprint density at radius 2 is 2.29 bits per heavy atom. The standard InChI is InChI=1S/C14H18N2O5/c1-20-9-2-3-12(15)11(6-9)14(19)16-4-5-21-10(8-16)7-13(17)18/h2-3,6,10H,4-5,7-8,15H2,1H3,(H,17,18). The van der Waals surface area contributed by atoms with Crippen molar-refractivity contribution >= 4 is 17.6 Å². The smallest absolute Gasteiger partial charge is 0.306 e. The zero-order valence-corrected chi connectivity index (χ0v) is 11.7. The third-order valence-electron chi connectivity index (χ3n) is 3.32. The van der Waals surface area contributed by atoms with Gasteiger partial charge in [0, 0.05) is 18.8 Å². The molecule has 1 unspecified atom stereocenters. The summed E-state index contributed by atoms with van der Waals surface area (Å²) >= 11 is 0. The number of anilines is 1. The average Bonchev–Trinajstić information content (AvgIpc) is 2.46. The van der Waals surface area contributed by atoms with Crippen molar-refractivity contribution in [1.82, 2.24) is 4.90 Å². The molecule has 1 heterocycles. The van der Waals surface area contributed by atoms with Crippen LogP contribution in [0.5, 0.6) is 5.75 Å². The Kier molecular flexibility index (Phi) is 4.64. The summed E-state index contributed by atoms with van der Waals surface area (Å²) in [6, 6.07) is 4.87. The van der Waals surface area contributed by atoms with Crippen LogP contribution >= 0.6 is 0 Å². The van der Waals surface area contributed by atoms with E-state index in [9.17, 15) is 9.59 Å². The molecule has 1 aromatic carbocycles. The first-order valence-corrected chi connectivity index (χ1v) is 6.57. The van der Waals surface area contributed by atoms with Gasteiger partial charge in [0.25, 0.3) is 5.91 Å². The van der Waals surface area contributed by atoms with E-state index in [1.54, 1.807) is 23.1 Å². The summed E-state index contributed by atoms with van der Waals surface area (Å²) in [6.45, 7) is 0.959. The third kappa shape index (κ3) is 3.63. The van der Waals surface area contributed by atoms with Crippen LogP contribution in [0.15, 0.2) is 18.2 Å². The molecule has 1 saturated heterocycles. The summed E-state index contributed by atoms with van der Waals surface area (Å²) < 4.78 is 10.4. The molecule has 0 radical (unpaired) electrons. The number of carbonyl (C=O) groups excluding carboxylic acids is 1. The van der Waals surface area contributed by atoms with Gasteiger partial charge in [0.15, 0.2) is 0 Å². The fourth-order valence-electron chi connectivity index (χ4n) is 2.24. The molecule has 2 rings (SSSR count). The van der Waals surface area contributed by atoms with Crippen molar-refractivity contribution in [2.45, 2.75) is 12.5 Å². The summed E-state index contributed by atoms with van der Waals surface area (Å²) in [5.41, 5.74) is 6.55. The van der Waals surface area contributed by atoms with Gasteiger partial charge in [-0.05, 0) is 18.2 Å². The number of carboxylic acids is 1. The maximum Gasteiger partial charge on any atom is 0.306 e. The van der Waals surface area contributed by atoms with E-state index < -0.39 is 12.1 Å². The van der Waals surface area contributed by atoms with Crippen LogP contribution in [0.2, 0.25) is 0 Å². The van der Waals surface area contributed by atoms with Crippen LogP contribution in [0.3, 0.4) is 0 Å². The van der Waals surface area contributed by atoms with Crippen molar-refractivity contribution < 1.29 is 24.2 Å². The van der Waals surface area contributed by atoms with Crippen LogP contribution in [-0.4, -0.2) is 54.8 Å². The van der Waals surface area contributed by atoms with Crippen LogP contribution in [0.1, 0.15) is 16.8 Å². The molecule has 114 valence electrons. The highest BCUT2D eigenvalue weighted by Crippen LogP contribution is 2.22. The predicted octanol–water partition coefficient (Wildman–Crippen LogP) is 0.593. The number of rotatable bonds is 4. The molecule has 3 N–H and O–H groups in total. The number of nitrogen functional groups attached to an aromatic ring is 1. The van der Waals surface area contributed by atoms with E-state index in [0.29, 0.717) is 30.2 Å². The fraction of sp³-hybridized carbons (Fsp3) is 0.429. The molecular weight excluding hydrogens is 276 g/mol. The summed E-state index contributed by atoms with van der Waals surface area (Å²) in [4.78, 5) is 24.8. The number of hydrogen-bond acceptors (Lipinski definition) is 5. The number of aliphatic carboxylic acids is 1. The van der Waals surface area contributed by atoms with Gasteiger partial charge in [-0.2, -0.15) is 0 Å². The highest BCUT2D eigenvalue weighted by molar-refractivity contribution is 5.99. The molecule has 1 fully saturated rings. The van der Waals surface area contributed by atoms with Crippen molar-refractivity contribution in [1.29, 1.82) is 0 Å². The number of carboxylic acid groups (broad SMARTS) is 1. The molecule has 7 nitrogen and oxygen atoms in total. The van der Waals surface area contributed by atoms with Gasteiger partial charge >= 0.3 is 5.97 Å². The van der Waals surface area contributed by atoms with Crippen LogP contribution in [0, 0.1) is 0 Å². The Bertz CT molecular complexity index is 546. The number of amides is 1. The Morgan fingerprint density at radius 1 is 1.52 bits per heavy atom. The fourth-order valence-corrected chi connectivity index (χ4v) is 2.24. The number of nitrogens with zero attached hydrogens (tertiary/aromatic N) is 1. The van der Waals surface area contributed by atoms with Gasteiger partial charge in [-0.3, -0.25) is 9.59 Å². The first-order valence-electron chi connectivity index (χ1n) is 6.57. The SMILES string of the molecule is COc1ccc(N)c(C(=O)N2CCOC(CC(=O)O)C2)c1. The Labute approximate surface area is 122 Å². The van der Waals surface area contributed by atoms with Crippen LogP contribution in [-0.2, 0) is 9.53 Å². The quantitative estimate of drug-likeness (QED) is 0.788. The maximum absolute atomic E-state index is 12.5. The van der Waals surface area contributed by atoms with Gasteiger partial charge < -0.3 is 25.2 Å². The first kappa shape index (κ1) is 15.1. The molecule has 0 aliphatic carbocycles. The van der Waals surface area contributed by atoms with Crippen molar-refractivity contribution in [3.63, 3.8) is 0 Å². The van der Waals surface area contributed by atoms with E-state index in [1.807, 2.05) is 0 Å². The van der Waals surface area contributed by atoms with Gasteiger partial charge in [0.05, 0.1) is 31.8 Å². The highest BCUT2D eigenvalue weighted by Gasteiger charge is 2.27. The largest absolute Gasteiger partial charge is 0.497 e. The molecule has 7 heteroatoms. The number of benzene rings is 1. The molecular formula is C14H18N2O5. The van der Waals surface area contributed by atoms with Crippen LogP contribution in [0.25, 0.3) is 0 Å². The monoisotopic (exact) mass is 294 g/mol. The highest BCUT2D eigenvalue weighted by atomic mass is 16.5. The van der Waals surface area contributed by atoms with Gasteiger partial charge in [-0.1, -0.05) is 0 Å². The first-order chi connectivity index (χ1) is 10.0. The second kappa shape index (κ2) is 6.45. The molecule has 1 aromatic rings. The number of ether oxygens (including phenoxy) is 2. The molecule has 0 saturated carbocycles. The van der Waals surface area contributed by atoms with Crippen molar-refractivity contribution in [2.75, 3.05) is 32.5 Å². The summed E-state index contributed by atoms with van der Waals surface area (Å²) in [6.07, 6.45) is -0.621. The van der Waals surface area contributed by atoms with E-state index in [4.69, 9.17) is 20.3 Å². The normalized spacial score (nSPS) is 18.3. The Balaban J connectivity index is 2.13. The van der Waals surface area contributed by atoms with Gasteiger partial charge in [-0.25, -0.2) is 0 Å². The van der Waals surface area contributed by atoms with Crippen molar-refractivity contribution in [3.8, 4) is 5.75 Å². The topological polar surface area (TPSA) is 102 Å². The summed E-state index contributed by atoms with van der Waals surface area (Å²) in [5.74, 6) is -0.650. The summed E-state index contributed by atoms with van der Waals surface area (Å²) in [7, 11) is 1.51. The molecule has 0 bridgehead atoms. The molecule has 0 aromatic heterocycles. The van der Waals surface area contributed by atoms with E-state index in [2.05, 4.69) is 0 Å². The number of hydrogen-bond donors (Lipinski definition) is 2. The lowest BCUT2D eigenvalue weighted by Gasteiger charge is -2.32. The minimum atomic E-state index is -0.949. The van der Waals surface area contributed by atoms with Crippen molar-refractivity contribution in [3.05, 3.63) is 23.8 Å². The second-order valence-corrected chi connectivity index (χ2v) is 4.80. The lowest BCUT2D eigenvalue weighted by atomic mass is 10.1. The third-order valence-corrected chi connectivity index (χ3v) is 3.32. The zero-order valence-electron chi connectivity index (χ0n) is 11.7. The van der Waals surface area contributed by atoms with Gasteiger partial charge in [0.1, 0.15) is 5.75 Å². The van der Waals surface area contributed by atoms with Gasteiger partial charge in [0.2, 0.25) is 0 Å². The Morgan fingerprint density at radius 3 is 2.95 bits per heavy atom. The lowest BCUT2D eigenvalue weighted by Crippen LogP contribution is -2.46. The van der Waals surface area contributed by atoms with Crippen LogP contribution < -0.4 is 10.5 Å². The Hall–Kier alpha value is -2.28. The van der Waals surface area contributed by atoms with E-state index in [1.165, 1.54) is 7.11 Å². The number of nitrogens with two attached hydrogens (primary N) is 1. The number of methoxy groups -OCH3 is 1. The molecule has 1 atom stereocenters.